The normalized spacial score (nSPS) is 20.5. The Morgan fingerprint density at radius 3 is 2.45 bits per heavy atom. The van der Waals surface area contributed by atoms with Crippen LogP contribution in [0.5, 0.6) is 5.75 Å². The molecule has 1 aromatic carbocycles. The van der Waals surface area contributed by atoms with Gasteiger partial charge in [-0.15, -0.1) is 0 Å². The van der Waals surface area contributed by atoms with E-state index in [1.54, 1.807) is 7.11 Å². The minimum absolute atomic E-state index is 0.861. The monoisotopic (exact) mass is 304 g/mol. The number of likely N-dealkylation sites (N-methyl/N-ethyl adjacent to an activating group) is 1. The molecule has 0 aromatic heterocycles. The molecule has 0 unspecified atom stereocenters. The van der Waals surface area contributed by atoms with Gasteiger partial charge in [0.05, 0.1) is 12.8 Å². The molecular formula is C17H28N4O. The SMILES string of the molecule is COc1cc(CNN2CCN(C)CC2)ccc1N1CCCC1. The second-order valence-corrected chi connectivity index (χ2v) is 6.33. The van der Waals surface area contributed by atoms with Crippen molar-refractivity contribution in [2.75, 3.05) is 58.3 Å². The maximum atomic E-state index is 5.61. The van der Waals surface area contributed by atoms with E-state index in [1.165, 1.54) is 24.1 Å². The second-order valence-electron chi connectivity index (χ2n) is 6.33. The van der Waals surface area contributed by atoms with Crippen LogP contribution in [0.25, 0.3) is 0 Å². The van der Waals surface area contributed by atoms with E-state index in [2.05, 4.69) is 45.5 Å². The van der Waals surface area contributed by atoms with Crippen LogP contribution < -0.4 is 15.1 Å². The van der Waals surface area contributed by atoms with Crippen LogP contribution >= 0.6 is 0 Å². The number of anilines is 1. The number of ether oxygens (including phenoxy) is 1. The smallest absolute Gasteiger partial charge is 0.142 e. The van der Waals surface area contributed by atoms with Gasteiger partial charge in [0, 0.05) is 45.8 Å². The average molecular weight is 304 g/mol. The second kappa shape index (κ2) is 7.31. The summed E-state index contributed by atoms with van der Waals surface area (Å²) in [6.07, 6.45) is 2.58. The summed E-state index contributed by atoms with van der Waals surface area (Å²) in [5.41, 5.74) is 6.05. The van der Waals surface area contributed by atoms with Crippen molar-refractivity contribution in [3.8, 4) is 5.75 Å². The van der Waals surface area contributed by atoms with Crippen molar-refractivity contribution in [3.05, 3.63) is 23.8 Å². The fraction of sp³-hybridized carbons (Fsp3) is 0.647. The number of piperazine rings is 1. The Kier molecular flexibility index (Phi) is 5.18. The predicted molar refractivity (Wildman–Crippen MR) is 90.4 cm³/mol. The highest BCUT2D eigenvalue weighted by atomic mass is 16.5. The van der Waals surface area contributed by atoms with Crippen molar-refractivity contribution in [1.29, 1.82) is 0 Å². The Hall–Kier alpha value is -1.30. The van der Waals surface area contributed by atoms with E-state index in [9.17, 15) is 0 Å². The van der Waals surface area contributed by atoms with Crippen molar-refractivity contribution >= 4 is 5.69 Å². The molecule has 1 N–H and O–H groups in total. The van der Waals surface area contributed by atoms with Crippen LogP contribution in [-0.2, 0) is 6.54 Å². The summed E-state index contributed by atoms with van der Waals surface area (Å²) in [5, 5.41) is 2.32. The molecular weight excluding hydrogens is 276 g/mol. The molecule has 3 rings (SSSR count). The first-order chi connectivity index (χ1) is 10.8. The van der Waals surface area contributed by atoms with Gasteiger partial charge in [-0.2, -0.15) is 0 Å². The lowest BCUT2D eigenvalue weighted by Gasteiger charge is -2.32. The number of nitrogens with zero attached hydrogens (tertiary/aromatic N) is 3. The lowest BCUT2D eigenvalue weighted by atomic mass is 10.1. The lowest BCUT2D eigenvalue weighted by molar-refractivity contribution is 0.102. The number of hydrogen-bond acceptors (Lipinski definition) is 5. The fourth-order valence-corrected chi connectivity index (χ4v) is 3.22. The molecule has 2 fully saturated rings. The van der Waals surface area contributed by atoms with Crippen LogP contribution in [0.3, 0.4) is 0 Å². The van der Waals surface area contributed by atoms with Crippen molar-refractivity contribution < 1.29 is 4.74 Å². The highest BCUT2D eigenvalue weighted by Crippen LogP contribution is 2.31. The number of nitrogens with one attached hydrogen (secondary N) is 1. The molecule has 122 valence electrons. The zero-order valence-corrected chi connectivity index (χ0v) is 13.8. The maximum absolute atomic E-state index is 5.61. The molecule has 1 aromatic rings. The molecule has 0 bridgehead atoms. The zero-order chi connectivity index (χ0) is 15.4. The van der Waals surface area contributed by atoms with Gasteiger partial charge in [0.1, 0.15) is 5.75 Å². The Morgan fingerprint density at radius 1 is 1.05 bits per heavy atom. The van der Waals surface area contributed by atoms with E-state index in [-0.39, 0.29) is 0 Å². The molecule has 0 amide bonds. The van der Waals surface area contributed by atoms with Crippen molar-refractivity contribution in [2.45, 2.75) is 19.4 Å². The summed E-state index contributed by atoms with van der Waals surface area (Å²) in [5.74, 6) is 1.000. The predicted octanol–water partition coefficient (Wildman–Crippen LogP) is 1.55. The highest BCUT2D eigenvalue weighted by molar-refractivity contribution is 5.60. The van der Waals surface area contributed by atoms with Crippen LogP contribution in [0.4, 0.5) is 5.69 Å². The van der Waals surface area contributed by atoms with Crippen LogP contribution in [0.1, 0.15) is 18.4 Å². The number of hydrazine groups is 1. The molecule has 5 nitrogen and oxygen atoms in total. The molecule has 0 aliphatic carbocycles. The standard InChI is InChI=1S/C17H28N4O/c1-19-9-11-21(12-10-19)18-14-15-5-6-16(17(13-15)22-2)20-7-3-4-8-20/h5-6,13,18H,3-4,7-12,14H2,1-2H3. The Morgan fingerprint density at radius 2 is 1.77 bits per heavy atom. The van der Waals surface area contributed by atoms with Crippen molar-refractivity contribution in [1.82, 2.24) is 15.3 Å². The Balaban J connectivity index is 1.59. The first-order valence-corrected chi connectivity index (χ1v) is 8.35. The minimum Gasteiger partial charge on any atom is -0.495 e. The maximum Gasteiger partial charge on any atom is 0.142 e. The van der Waals surface area contributed by atoms with Gasteiger partial charge >= 0.3 is 0 Å². The van der Waals surface area contributed by atoms with E-state index in [0.717, 1.165) is 51.6 Å². The van der Waals surface area contributed by atoms with Crippen molar-refractivity contribution in [3.63, 3.8) is 0 Å². The van der Waals surface area contributed by atoms with Crippen LogP contribution in [-0.4, -0.2) is 63.3 Å². The van der Waals surface area contributed by atoms with Crippen molar-refractivity contribution in [2.24, 2.45) is 0 Å². The third-order valence-corrected chi connectivity index (χ3v) is 4.70. The number of methoxy groups -OCH3 is 1. The summed E-state index contributed by atoms with van der Waals surface area (Å²) in [4.78, 5) is 4.79. The molecule has 0 saturated carbocycles. The van der Waals surface area contributed by atoms with Gasteiger partial charge in [-0.05, 0) is 37.6 Å². The van der Waals surface area contributed by atoms with E-state index in [1.807, 2.05) is 0 Å². The van der Waals surface area contributed by atoms with Gasteiger partial charge < -0.3 is 14.5 Å². The highest BCUT2D eigenvalue weighted by Gasteiger charge is 2.17. The first-order valence-electron chi connectivity index (χ1n) is 8.35. The first kappa shape index (κ1) is 15.6. The minimum atomic E-state index is 0.861. The lowest BCUT2D eigenvalue weighted by Crippen LogP contribution is -2.50. The Bertz CT molecular complexity index is 480. The summed E-state index contributed by atoms with van der Waals surface area (Å²) < 4.78 is 5.61. The summed E-state index contributed by atoms with van der Waals surface area (Å²) in [6.45, 7) is 7.58. The Labute approximate surface area is 133 Å². The molecule has 22 heavy (non-hydrogen) atoms. The van der Waals surface area contributed by atoms with Gasteiger partial charge in [-0.1, -0.05) is 6.07 Å². The topological polar surface area (TPSA) is 31.0 Å². The van der Waals surface area contributed by atoms with Crippen LogP contribution in [0, 0.1) is 0 Å². The van der Waals surface area contributed by atoms with E-state index >= 15 is 0 Å². The molecule has 2 heterocycles. The molecule has 0 radical (unpaired) electrons. The zero-order valence-electron chi connectivity index (χ0n) is 13.8. The quantitative estimate of drug-likeness (QED) is 0.892. The largest absolute Gasteiger partial charge is 0.495 e. The average Bonchev–Trinajstić information content (AvgIpc) is 3.08. The molecule has 2 aliphatic heterocycles. The van der Waals surface area contributed by atoms with Gasteiger partial charge in [0.25, 0.3) is 0 Å². The number of rotatable bonds is 5. The molecule has 5 heteroatoms. The third-order valence-electron chi connectivity index (χ3n) is 4.70. The molecule has 0 spiro atoms. The van der Waals surface area contributed by atoms with E-state index in [0.29, 0.717) is 0 Å². The van der Waals surface area contributed by atoms with Gasteiger partial charge in [-0.25, -0.2) is 5.01 Å². The summed E-state index contributed by atoms with van der Waals surface area (Å²) >= 11 is 0. The van der Waals surface area contributed by atoms with Gasteiger partial charge in [0.2, 0.25) is 0 Å². The summed E-state index contributed by atoms with van der Waals surface area (Å²) in [7, 11) is 3.95. The molecule has 2 saturated heterocycles. The van der Waals surface area contributed by atoms with Crippen LogP contribution in [0.2, 0.25) is 0 Å². The van der Waals surface area contributed by atoms with Gasteiger partial charge in [0.15, 0.2) is 0 Å². The molecule has 2 aliphatic rings. The van der Waals surface area contributed by atoms with E-state index < -0.39 is 0 Å². The fourth-order valence-electron chi connectivity index (χ4n) is 3.22. The van der Waals surface area contributed by atoms with E-state index in [4.69, 9.17) is 4.74 Å². The summed E-state index contributed by atoms with van der Waals surface area (Å²) in [6, 6.07) is 6.61. The third kappa shape index (κ3) is 3.72. The number of benzene rings is 1. The van der Waals surface area contributed by atoms with Crippen LogP contribution in [0.15, 0.2) is 18.2 Å². The molecule has 0 atom stereocenters. The number of hydrogen-bond donors (Lipinski definition) is 1. The van der Waals surface area contributed by atoms with Gasteiger partial charge in [-0.3, -0.25) is 5.43 Å².